The zero-order valence-electron chi connectivity index (χ0n) is 6.33. The molecule has 1 aromatic rings. The lowest BCUT2D eigenvalue weighted by molar-refractivity contribution is 1.18. The van der Waals surface area contributed by atoms with E-state index in [-0.39, 0.29) is 5.72 Å². The average molecular weight is 145 g/mol. The van der Waals surface area contributed by atoms with Gasteiger partial charge in [0.05, 0.1) is 5.72 Å². The fourth-order valence-corrected chi connectivity index (χ4v) is 0.698. The largest absolute Gasteiger partial charge is 0.347 e. The van der Waals surface area contributed by atoms with Crippen LogP contribution in [0.15, 0.2) is 19.0 Å². The lowest BCUT2D eigenvalue weighted by atomic mass is 10.1. The van der Waals surface area contributed by atoms with E-state index in [1.165, 1.54) is 0 Å². The van der Waals surface area contributed by atoms with Gasteiger partial charge < -0.3 is 5.32 Å². The first kappa shape index (κ1) is 7.79. The van der Waals surface area contributed by atoms with Crippen LogP contribution in [0.2, 0.25) is 0 Å². The lowest BCUT2D eigenvalue weighted by Crippen LogP contribution is -2.15. The number of hydrogen-bond donors (Lipinski definition) is 1. The molecular formula is C7H8BN3. The first-order valence-corrected chi connectivity index (χ1v) is 3.20. The van der Waals surface area contributed by atoms with Crippen molar-refractivity contribution in [2.24, 2.45) is 0 Å². The van der Waals surface area contributed by atoms with Gasteiger partial charge in [0, 0.05) is 11.8 Å². The Balaban J connectivity index is 3.01. The van der Waals surface area contributed by atoms with Crippen molar-refractivity contribution >= 4 is 19.4 Å². The van der Waals surface area contributed by atoms with E-state index in [2.05, 4.69) is 21.9 Å². The van der Waals surface area contributed by atoms with Gasteiger partial charge in [-0.1, -0.05) is 6.58 Å². The van der Waals surface area contributed by atoms with Crippen molar-refractivity contribution in [2.75, 3.05) is 5.32 Å². The summed E-state index contributed by atoms with van der Waals surface area (Å²) in [5, 5.41) is 2.85. The predicted molar refractivity (Wildman–Crippen MR) is 46.0 cm³/mol. The van der Waals surface area contributed by atoms with Crippen molar-refractivity contribution < 1.29 is 0 Å². The van der Waals surface area contributed by atoms with Crippen LogP contribution in [-0.2, 0) is 0 Å². The highest BCUT2D eigenvalue weighted by atomic mass is 15.0. The van der Waals surface area contributed by atoms with Gasteiger partial charge >= 0.3 is 0 Å². The van der Waals surface area contributed by atoms with E-state index in [9.17, 15) is 0 Å². The molecule has 3 nitrogen and oxygen atoms in total. The molecule has 54 valence electrons. The van der Waals surface area contributed by atoms with E-state index in [4.69, 9.17) is 7.85 Å². The van der Waals surface area contributed by atoms with Crippen LogP contribution in [0.3, 0.4) is 0 Å². The van der Waals surface area contributed by atoms with Gasteiger partial charge in [-0.25, -0.2) is 4.98 Å². The van der Waals surface area contributed by atoms with E-state index in [0.29, 0.717) is 5.82 Å². The summed E-state index contributed by atoms with van der Waals surface area (Å²) in [6, 6.07) is 0. The molecule has 0 aliphatic heterocycles. The zero-order valence-corrected chi connectivity index (χ0v) is 6.33. The molecule has 1 heterocycles. The topological polar surface area (TPSA) is 37.8 Å². The molecule has 1 rings (SSSR count). The highest BCUT2D eigenvalue weighted by Gasteiger charge is 1.96. The van der Waals surface area contributed by atoms with E-state index < -0.39 is 0 Å². The van der Waals surface area contributed by atoms with Gasteiger partial charge in [-0.3, -0.25) is 4.98 Å². The van der Waals surface area contributed by atoms with Crippen molar-refractivity contribution in [2.45, 2.75) is 6.92 Å². The molecule has 0 amide bonds. The van der Waals surface area contributed by atoms with Gasteiger partial charge in [0.2, 0.25) is 0 Å². The third-order valence-corrected chi connectivity index (χ3v) is 1.23. The summed E-state index contributed by atoms with van der Waals surface area (Å²) in [4.78, 5) is 7.76. The maximum atomic E-state index is 5.36. The molecule has 0 unspecified atom stereocenters. The van der Waals surface area contributed by atoms with Gasteiger partial charge in [-0.2, -0.15) is 0 Å². The molecule has 0 fully saturated rings. The molecule has 0 aromatic carbocycles. The maximum absolute atomic E-state index is 5.36. The Hall–Kier alpha value is -1.32. The number of nitrogens with zero attached hydrogens (tertiary/aromatic N) is 2. The molecule has 0 saturated carbocycles. The van der Waals surface area contributed by atoms with Crippen LogP contribution in [0.4, 0.5) is 5.82 Å². The van der Waals surface area contributed by atoms with Crippen molar-refractivity contribution in [1.82, 2.24) is 9.97 Å². The van der Waals surface area contributed by atoms with Crippen LogP contribution in [0.25, 0.3) is 0 Å². The minimum absolute atomic E-state index is 0.264. The number of nitrogens with one attached hydrogen (secondary N) is 1. The second-order valence-electron chi connectivity index (χ2n) is 2.11. The normalized spacial score (nSPS) is 9.18. The van der Waals surface area contributed by atoms with Crippen LogP contribution in [0.1, 0.15) is 5.56 Å². The first-order valence-electron chi connectivity index (χ1n) is 3.20. The summed E-state index contributed by atoms with van der Waals surface area (Å²) in [5.41, 5.74) is 1.21. The van der Waals surface area contributed by atoms with Gasteiger partial charge in [-0.05, 0) is 13.1 Å². The predicted octanol–water partition coefficient (Wildman–Crippen LogP) is 0.134. The van der Waals surface area contributed by atoms with Gasteiger partial charge in [0.25, 0.3) is 0 Å². The van der Waals surface area contributed by atoms with Gasteiger partial charge in [-0.15, -0.1) is 0 Å². The molecule has 0 atom stereocenters. The number of hydrogen-bond acceptors (Lipinski definition) is 3. The van der Waals surface area contributed by atoms with Gasteiger partial charge in [0.15, 0.2) is 7.85 Å². The third kappa shape index (κ3) is 1.80. The summed E-state index contributed by atoms with van der Waals surface area (Å²) in [7, 11) is 5.36. The average Bonchev–Trinajstić information content (AvgIpc) is 1.98. The molecule has 4 heteroatoms. The molecule has 0 aliphatic rings. The summed E-state index contributed by atoms with van der Waals surface area (Å²) in [5.74, 6) is 0.701. The Labute approximate surface area is 67.0 Å². The molecule has 0 saturated heterocycles. The quantitative estimate of drug-likeness (QED) is 0.601. The number of rotatable bonds is 2. The SMILES string of the molecule is [B]c1ncc(C)c(NC=C)n1. The van der Waals surface area contributed by atoms with Crippen molar-refractivity contribution in [3.8, 4) is 0 Å². The molecule has 0 bridgehead atoms. The number of aryl methyl sites for hydroxylation is 1. The molecule has 11 heavy (non-hydrogen) atoms. The Bertz CT molecular complexity index is 272. The molecule has 1 N–H and O–H groups in total. The van der Waals surface area contributed by atoms with Crippen LogP contribution in [-0.4, -0.2) is 17.8 Å². The second kappa shape index (κ2) is 3.19. The molecular weight excluding hydrogens is 137 g/mol. The Kier molecular flexibility index (Phi) is 2.26. The van der Waals surface area contributed by atoms with Crippen LogP contribution in [0, 0.1) is 6.92 Å². The lowest BCUT2D eigenvalue weighted by Gasteiger charge is -2.03. The Morgan fingerprint density at radius 3 is 3.09 bits per heavy atom. The summed E-state index contributed by atoms with van der Waals surface area (Å²) >= 11 is 0. The summed E-state index contributed by atoms with van der Waals surface area (Å²) in [6.45, 7) is 5.41. The Morgan fingerprint density at radius 1 is 1.73 bits per heavy atom. The van der Waals surface area contributed by atoms with Crippen LogP contribution >= 0.6 is 0 Å². The first-order chi connectivity index (χ1) is 5.24. The van der Waals surface area contributed by atoms with Crippen molar-refractivity contribution in [3.05, 3.63) is 24.5 Å². The van der Waals surface area contributed by atoms with Crippen molar-refractivity contribution in [1.29, 1.82) is 0 Å². The molecule has 0 aliphatic carbocycles. The monoisotopic (exact) mass is 145 g/mol. The number of anilines is 1. The molecule has 2 radical (unpaired) electrons. The smallest absolute Gasteiger partial charge is 0.170 e. The summed E-state index contributed by atoms with van der Waals surface area (Å²) in [6.07, 6.45) is 3.21. The molecule has 0 spiro atoms. The van der Waals surface area contributed by atoms with Crippen molar-refractivity contribution in [3.63, 3.8) is 0 Å². The third-order valence-electron chi connectivity index (χ3n) is 1.23. The fraction of sp³-hybridized carbons (Fsp3) is 0.143. The van der Waals surface area contributed by atoms with E-state index in [0.717, 1.165) is 5.56 Å². The van der Waals surface area contributed by atoms with Crippen LogP contribution < -0.4 is 11.0 Å². The highest BCUT2D eigenvalue weighted by molar-refractivity contribution is 6.29. The van der Waals surface area contributed by atoms with E-state index >= 15 is 0 Å². The zero-order chi connectivity index (χ0) is 8.27. The Morgan fingerprint density at radius 2 is 2.45 bits per heavy atom. The standard InChI is InChI=1S/C7H8BN3/c1-3-9-6-5(2)4-10-7(8)11-6/h3-4H,1H2,2H3,(H,9,10,11). The van der Waals surface area contributed by atoms with E-state index in [1.54, 1.807) is 12.4 Å². The summed E-state index contributed by atoms with van der Waals surface area (Å²) < 4.78 is 0. The maximum Gasteiger partial charge on any atom is 0.170 e. The highest BCUT2D eigenvalue weighted by Crippen LogP contribution is 2.05. The minimum atomic E-state index is 0.264. The second-order valence-corrected chi connectivity index (χ2v) is 2.11. The fourth-order valence-electron chi connectivity index (χ4n) is 0.698. The van der Waals surface area contributed by atoms with Gasteiger partial charge in [0.1, 0.15) is 5.82 Å². The number of aromatic nitrogens is 2. The van der Waals surface area contributed by atoms with E-state index in [1.807, 2.05) is 6.92 Å². The minimum Gasteiger partial charge on any atom is -0.347 e. The molecule has 1 aromatic heterocycles. The van der Waals surface area contributed by atoms with Crippen LogP contribution in [0.5, 0.6) is 0 Å².